The molecule has 5 heterocycles. The second-order valence-corrected chi connectivity index (χ2v) is 21.4. The Labute approximate surface area is 449 Å². The van der Waals surface area contributed by atoms with E-state index in [4.69, 9.17) is 18.7 Å². The zero-order chi connectivity index (χ0) is 54.0. The third-order valence-corrected chi connectivity index (χ3v) is 15.7. The third kappa shape index (κ3) is 13.2. The van der Waals surface area contributed by atoms with Gasteiger partial charge in [-0.3, -0.25) is 19.2 Å². The first kappa shape index (κ1) is 55.4. The molecule has 2 fully saturated rings. The van der Waals surface area contributed by atoms with Gasteiger partial charge in [-0.25, -0.2) is 4.98 Å². The molecule has 2 saturated heterocycles. The van der Waals surface area contributed by atoms with Gasteiger partial charge in [0.25, 0.3) is 17.3 Å². The number of hydrogen-bond donors (Lipinski definition) is 4. The number of unbranched alkanes of at least 4 members (excludes halogenated alkanes) is 2. The van der Waals surface area contributed by atoms with Crippen LogP contribution in [-0.4, -0.2) is 101 Å². The van der Waals surface area contributed by atoms with Crippen LogP contribution in [0.1, 0.15) is 128 Å². The van der Waals surface area contributed by atoms with Crippen LogP contribution in [0.5, 0.6) is 11.6 Å². The topological polar surface area (TPSA) is 201 Å². The predicted octanol–water partition coefficient (Wildman–Crippen LogP) is 9.53. The Morgan fingerprint density at radius 2 is 1.62 bits per heavy atom. The number of aliphatic hydroxyl groups is 1. The van der Waals surface area contributed by atoms with E-state index in [1.807, 2.05) is 115 Å². The summed E-state index contributed by atoms with van der Waals surface area (Å²) in [7, 11) is 0. The average Bonchev–Trinajstić information content (AvgIpc) is 4.17. The minimum absolute atomic E-state index is 0.0393. The van der Waals surface area contributed by atoms with E-state index in [2.05, 4.69) is 43.6 Å². The van der Waals surface area contributed by atoms with Crippen LogP contribution in [0.2, 0.25) is 0 Å². The average molecular weight is 1060 g/mol. The number of pyridine rings is 1. The number of H-pyrrole nitrogens is 1. The fourth-order valence-electron chi connectivity index (χ4n) is 10.5. The minimum atomic E-state index is -0.843. The normalized spacial score (nSPS) is 16.6. The number of carbonyl (C=O) groups excluding carboxylic acids is 3. The molecular formula is C59H73N7O9S. The number of anilines is 1. The lowest BCUT2D eigenvalue weighted by atomic mass is 9.91. The highest BCUT2D eigenvalue weighted by Crippen LogP contribution is 2.36. The lowest BCUT2D eigenvalue weighted by molar-refractivity contribution is -0.141. The van der Waals surface area contributed by atoms with Crippen molar-refractivity contribution in [2.75, 3.05) is 44.4 Å². The highest BCUT2D eigenvalue weighted by molar-refractivity contribution is 7.13. The Balaban J connectivity index is 0.822. The first-order chi connectivity index (χ1) is 36.6. The molecule has 4 N–H and O–H groups in total. The van der Waals surface area contributed by atoms with Gasteiger partial charge in [0.05, 0.1) is 41.4 Å². The van der Waals surface area contributed by atoms with Crippen molar-refractivity contribution in [3.63, 3.8) is 0 Å². The molecular weight excluding hydrogens is 983 g/mol. The largest absolute Gasteiger partial charge is 0.494 e. The van der Waals surface area contributed by atoms with Crippen LogP contribution in [0.3, 0.4) is 0 Å². The number of nitrogens with one attached hydrogen (secondary N) is 3. The van der Waals surface area contributed by atoms with Gasteiger partial charge in [-0.2, -0.15) is 0 Å². The number of aryl methyl sites for hydroxylation is 3. The molecule has 0 saturated carbocycles. The van der Waals surface area contributed by atoms with E-state index >= 15 is 0 Å². The molecule has 2 aliphatic heterocycles. The van der Waals surface area contributed by atoms with E-state index in [-0.39, 0.29) is 66.7 Å². The van der Waals surface area contributed by atoms with Gasteiger partial charge in [0.1, 0.15) is 17.7 Å². The molecule has 2 aliphatic rings. The lowest BCUT2D eigenvalue weighted by Crippen LogP contribution is -2.48. The molecule has 3 aromatic heterocycles. The number of amides is 3. The smallest absolute Gasteiger partial charge is 0.254 e. The van der Waals surface area contributed by atoms with Gasteiger partial charge in [-0.1, -0.05) is 50.2 Å². The van der Waals surface area contributed by atoms with Gasteiger partial charge in [0, 0.05) is 73.9 Å². The van der Waals surface area contributed by atoms with Gasteiger partial charge in [-0.15, -0.1) is 11.3 Å². The van der Waals surface area contributed by atoms with Crippen molar-refractivity contribution in [1.82, 2.24) is 30.7 Å². The summed E-state index contributed by atoms with van der Waals surface area (Å²) in [6.07, 6.45) is 3.48. The van der Waals surface area contributed by atoms with E-state index in [1.165, 1.54) is 4.90 Å². The molecule has 1 unspecified atom stereocenters. The van der Waals surface area contributed by atoms with E-state index in [1.54, 1.807) is 17.4 Å². The van der Waals surface area contributed by atoms with Crippen molar-refractivity contribution in [3.05, 3.63) is 134 Å². The number of aromatic nitrogens is 3. The van der Waals surface area contributed by atoms with Gasteiger partial charge in [0.15, 0.2) is 5.76 Å². The highest BCUT2D eigenvalue weighted by Gasteiger charge is 2.43. The van der Waals surface area contributed by atoms with Crippen LogP contribution in [-0.2, 0) is 20.9 Å². The van der Waals surface area contributed by atoms with Crippen molar-refractivity contribution < 1.29 is 38.2 Å². The van der Waals surface area contributed by atoms with Crippen LogP contribution >= 0.6 is 11.3 Å². The first-order valence-corrected chi connectivity index (χ1v) is 27.6. The Morgan fingerprint density at radius 1 is 0.908 bits per heavy atom. The fraction of sp³-hybridized carbons (Fsp3) is 0.458. The summed E-state index contributed by atoms with van der Waals surface area (Å²) in [4.78, 5) is 66.9. The lowest BCUT2D eigenvalue weighted by Gasteiger charge is -2.37. The second kappa shape index (κ2) is 25.3. The number of hydrogen-bond acceptors (Lipinski definition) is 13. The number of β-amino-alcohol motifs (C(OH)–C–C–N with tert-alkyl or cyclic N) is 1. The van der Waals surface area contributed by atoms with E-state index in [0.29, 0.717) is 43.3 Å². The van der Waals surface area contributed by atoms with Crippen LogP contribution < -0.4 is 30.6 Å². The fourth-order valence-corrected chi connectivity index (χ4v) is 11.3. The van der Waals surface area contributed by atoms with Gasteiger partial charge in [0.2, 0.25) is 11.8 Å². The molecule has 8 rings (SSSR count). The molecule has 0 aliphatic carbocycles. The Kier molecular flexibility index (Phi) is 18.5. The number of aromatic amines is 1. The number of thiazole rings is 1. The highest BCUT2D eigenvalue weighted by atomic mass is 32.1. The summed E-state index contributed by atoms with van der Waals surface area (Å²) in [5.41, 5.74) is 11.0. The molecule has 17 heteroatoms. The first-order valence-electron chi connectivity index (χ1n) is 26.7. The van der Waals surface area contributed by atoms with E-state index < -0.39 is 18.1 Å². The molecule has 4 atom stereocenters. The van der Waals surface area contributed by atoms with Crippen LogP contribution in [0.4, 0.5) is 5.69 Å². The van der Waals surface area contributed by atoms with Gasteiger partial charge >= 0.3 is 0 Å². The molecule has 0 spiro atoms. The maximum atomic E-state index is 14.2. The summed E-state index contributed by atoms with van der Waals surface area (Å²) in [6.45, 7) is 18.8. The van der Waals surface area contributed by atoms with Crippen LogP contribution in [0.25, 0.3) is 21.6 Å². The van der Waals surface area contributed by atoms with Crippen molar-refractivity contribution in [3.8, 4) is 33.2 Å². The van der Waals surface area contributed by atoms with Crippen molar-refractivity contribution in [2.24, 2.45) is 5.92 Å². The standard InChI is InChI=1S/C59H73N7O9S/c1-9-65(45-21-25-72-26-22-45)50-29-44(28-48(38(50)6)56(68)60-32-49-36(4)27-37(5)62-57(49)69)42-17-19-47(20-18-42)73-23-11-10-12-24-74-53-31-52(75-64-53)54(35(2)3)59(71)66-33-46(67)30-51(66)58(70)63-39(7)41-13-15-43(16-14-41)55-40(8)61-34-76-55/h13-20,27-29,31,34-35,39,45-46,51,54,67H,9-12,21-26,30,32-33H2,1-8H3,(H,60,68)(H,62,69)(H,63,70)/t39-,46+,51-,54?/m0/s1. The minimum Gasteiger partial charge on any atom is -0.494 e. The Morgan fingerprint density at radius 3 is 2.29 bits per heavy atom. The summed E-state index contributed by atoms with van der Waals surface area (Å²) in [5, 5.41) is 20.9. The van der Waals surface area contributed by atoms with Crippen molar-refractivity contribution in [1.29, 1.82) is 0 Å². The molecule has 3 aromatic carbocycles. The van der Waals surface area contributed by atoms with E-state index in [0.717, 1.165) is 99.7 Å². The number of rotatable bonds is 22. The zero-order valence-corrected chi connectivity index (χ0v) is 45.9. The molecule has 404 valence electrons. The van der Waals surface area contributed by atoms with Gasteiger partial charge < -0.3 is 49.3 Å². The van der Waals surface area contributed by atoms with Crippen molar-refractivity contribution >= 4 is 34.7 Å². The summed E-state index contributed by atoms with van der Waals surface area (Å²) < 4.78 is 23.5. The Hall–Kier alpha value is -6.82. The van der Waals surface area contributed by atoms with Crippen LogP contribution in [0.15, 0.2) is 87.6 Å². The zero-order valence-electron chi connectivity index (χ0n) is 45.1. The maximum Gasteiger partial charge on any atom is 0.254 e. The summed E-state index contributed by atoms with van der Waals surface area (Å²) in [5.74, 6) is -0.455. The SMILES string of the molecule is CCN(c1cc(-c2ccc(OCCCCCOc3cc(C(C(=O)N4C[C@H](O)C[C@H]4C(=O)N[C@@H](C)c4ccc(-c5scnc5C)cc4)C(C)C)on3)cc2)cc(C(=O)NCc2c(C)cc(C)[nH]c2=O)c1C)C1CCOCC1. The number of aliphatic hydroxyl groups excluding tert-OH is 1. The Bertz CT molecular complexity index is 3000. The number of nitrogens with zero attached hydrogens (tertiary/aromatic N) is 4. The molecule has 3 amide bonds. The number of ether oxygens (including phenoxy) is 3. The molecule has 0 radical (unpaired) electrons. The number of carbonyl (C=O) groups is 3. The van der Waals surface area contributed by atoms with Gasteiger partial charge in [-0.05, 0) is 148 Å². The third-order valence-electron chi connectivity index (χ3n) is 14.7. The van der Waals surface area contributed by atoms with Crippen molar-refractivity contribution in [2.45, 2.75) is 131 Å². The summed E-state index contributed by atoms with van der Waals surface area (Å²) >= 11 is 1.59. The number of benzene rings is 3. The molecule has 76 heavy (non-hydrogen) atoms. The molecule has 16 nitrogen and oxygen atoms in total. The monoisotopic (exact) mass is 1060 g/mol. The molecule has 6 aromatic rings. The molecule has 0 bridgehead atoms. The summed E-state index contributed by atoms with van der Waals surface area (Å²) in [6, 6.07) is 22.7. The van der Waals surface area contributed by atoms with Crippen LogP contribution in [0, 0.1) is 33.6 Å². The second-order valence-electron chi connectivity index (χ2n) is 20.5. The van der Waals surface area contributed by atoms with E-state index in [9.17, 15) is 24.3 Å². The maximum absolute atomic E-state index is 14.2. The predicted molar refractivity (Wildman–Crippen MR) is 295 cm³/mol. The number of likely N-dealkylation sites (tertiary alicyclic amines) is 1. The quantitative estimate of drug-likeness (QED) is 0.0470.